The summed E-state index contributed by atoms with van der Waals surface area (Å²) in [4.78, 5) is 0. The van der Waals surface area contributed by atoms with E-state index in [4.69, 9.17) is 0 Å². The maximum atomic E-state index is 12.8. The smallest absolute Gasteiger partial charge is 0.122 e. The minimum Gasteiger partial charge on any atom is -0.211 e. The quantitative estimate of drug-likeness (QED) is 0.511. The molecule has 0 aromatic rings. The highest BCUT2D eigenvalue weighted by Gasteiger charge is 2.21. The molecule has 0 N–H and O–H groups in total. The third-order valence-electron chi connectivity index (χ3n) is 1.91. The van der Waals surface area contributed by atoms with Crippen molar-refractivity contribution in [2.24, 2.45) is 11.8 Å². The first-order valence-electron chi connectivity index (χ1n) is 3.52. The van der Waals surface area contributed by atoms with Gasteiger partial charge in [-0.05, 0) is 6.08 Å². The Morgan fingerprint density at radius 1 is 1.55 bits per heavy atom. The molecule has 2 unspecified atom stereocenters. The van der Waals surface area contributed by atoms with E-state index in [-0.39, 0.29) is 11.8 Å². The van der Waals surface area contributed by atoms with E-state index >= 15 is 0 Å². The molecule has 0 amide bonds. The highest BCUT2D eigenvalue weighted by Crippen LogP contribution is 2.30. The van der Waals surface area contributed by atoms with Crippen molar-refractivity contribution in [3.63, 3.8) is 0 Å². The van der Waals surface area contributed by atoms with Crippen molar-refractivity contribution in [2.45, 2.75) is 6.92 Å². The largest absolute Gasteiger partial charge is 0.211 e. The van der Waals surface area contributed by atoms with Gasteiger partial charge in [-0.15, -0.1) is 6.58 Å². The van der Waals surface area contributed by atoms with E-state index in [1.54, 1.807) is 13.0 Å². The Morgan fingerprint density at radius 2 is 2.18 bits per heavy atom. The molecule has 1 aliphatic carbocycles. The summed E-state index contributed by atoms with van der Waals surface area (Å²) in [5.74, 6) is -1.40. The maximum Gasteiger partial charge on any atom is 0.122 e. The molecule has 0 spiro atoms. The van der Waals surface area contributed by atoms with Gasteiger partial charge in [0.15, 0.2) is 0 Å². The van der Waals surface area contributed by atoms with Crippen LogP contribution in [0.3, 0.4) is 0 Å². The summed E-state index contributed by atoms with van der Waals surface area (Å²) in [6.07, 6.45) is 3.85. The second-order valence-electron chi connectivity index (χ2n) is 2.68. The molecule has 0 bridgehead atoms. The summed E-state index contributed by atoms with van der Waals surface area (Å²) in [6.45, 7) is 5.21. The van der Waals surface area contributed by atoms with Gasteiger partial charge in [-0.25, -0.2) is 8.78 Å². The molecule has 0 saturated carbocycles. The average molecular weight is 156 g/mol. The first-order valence-corrected chi connectivity index (χ1v) is 3.52. The molecule has 0 aliphatic heterocycles. The molecular weight excluding hydrogens is 146 g/mol. The lowest BCUT2D eigenvalue weighted by Crippen LogP contribution is -2.10. The van der Waals surface area contributed by atoms with E-state index in [1.165, 1.54) is 6.08 Å². The van der Waals surface area contributed by atoms with Gasteiger partial charge in [0.25, 0.3) is 0 Å². The van der Waals surface area contributed by atoms with Crippen LogP contribution in [-0.2, 0) is 0 Å². The molecule has 60 valence electrons. The zero-order valence-corrected chi connectivity index (χ0v) is 6.35. The van der Waals surface area contributed by atoms with Crippen molar-refractivity contribution in [1.82, 2.24) is 0 Å². The Bertz CT molecular complexity index is 226. The topological polar surface area (TPSA) is 0 Å². The van der Waals surface area contributed by atoms with Crippen LogP contribution in [0.15, 0.2) is 36.5 Å². The van der Waals surface area contributed by atoms with Crippen LogP contribution in [0.25, 0.3) is 0 Å². The standard InChI is InChI=1S/C9H10F2/c1-3-7-4-8(10)5-9(11)6(7)2/h3-7H,1H2,2H3. The van der Waals surface area contributed by atoms with Crippen LogP contribution in [0.5, 0.6) is 0 Å². The third-order valence-corrected chi connectivity index (χ3v) is 1.91. The van der Waals surface area contributed by atoms with Crippen LogP contribution in [-0.4, -0.2) is 0 Å². The molecule has 1 aliphatic rings. The van der Waals surface area contributed by atoms with Gasteiger partial charge >= 0.3 is 0 Å². The monoisotopic (exact) mass is 156 g/mol. The van der Waals surface area contributed by atoms with Gasteiger partial charge < -0.3 is 0 Å². The van der Waals surface area contributed by atoms with Crippen LogP contribution in [0.2, 0.25) is 0 Å². The molecule has 0 nitrogen and oxygen atoms in total. The summed E-state index contributed by atoms with van der Waals surface area (Å²) in [5, 5.41) is 0. The molecule has 0 aromatic heterocycles. The molecule has 2 heteroatoms. The molecule has 0 heterocycles. The first kappa shape index (κ1) is 8.18. The maximum absolute atomic E-state index is 12.8. The fourth-order valence-corrected chi connectivity index (χ4v) is 1.10. The van der Waals surface area contributed by atoms with Gasteiger partial charge in [0.05, 0.1) is 0 Å². The molecule has 0 aromatic carbocycles. The van der Waals surface area contributed by atoms with Gasteiger partial charge in [-0.1, -0.05) is 13.0 Å². The Morgan fingerprint density at radius 3 is 2.73 bits per heavy atom. The Kier molecular flexibility index (Phi) is 2.22. The fourth-order valence-electron chi connectivity index (χ4n) is 1.10. The summed E-state index contributed by atoms with van der Waals surface area (Å²) >= 11 is 0. The number of halogens is 2. The minimum atomic E-state index is -0.509. The van der Waals surface area contributed by atoms with Crippen molar-refractivity contribution in [3.8, 4) is 0 Å². The summed E-state index contributed by atoms with van der Waals surface area (Å²) in [5.41, 5.74) is 0. The van der Waals surface area contributed by atoms with Crippen molar-refractivity contribution in [2.75, 3.05) is 0 Å². The van der Waals surface area contributed by atoms with Gasteiger partial charge in [-0.2, -0.15) is 0 Å². The van der Waals surface area contributed by atoms with Gasteiger partial charge in [0.2, 0.25) is 0 Å². The van der Waals surface area contributed by atoms with Crippen molar-refractivity contribution < 1.29 is 8.78 Å². The highest BCUT2D eigenvalue weighted by molar-refractivity contribution is 5.25. The molecule has 0 saturated heterocycles. The molecule has 0 radical (unpaired) electrons. The lowest BCUT2D eigenvalue weighted by atomic mass is 9.89. The van der Waals surface area contributed by atoms with Crippen LogP contribution >= 0.6 is 0 Å². The Labute approximate surface area is 64.9 Å². The van der Waals surface area contributed by atoms with Crippen LogP contribution in [0.1, 0.15) is 6.92 Å². The highest BCUT2D eigenvalue weighted by atomic mass is 19.1. The number of hydrogen-bond acceptors (Lipinski definition) is 0. The van der Waals surface area contributed by atoms with E-state index < -0.39 is 11.7 Å². The lowest BCUT2D eigenvalue weighted by molar-refractivity contribution is 0.425. The average Bonchev–Trinajstić information content (AvgIpc) is 1.96. The van der Waals surface area contributed by atoms with Crippen molar-refractivity contribution in [3.05, 3.63) is 36.5 Å². The predicted octanol–water partition coefficient (Wildman–Crippen LogP) is 3.15. The molecule has 1 rings (SSSR count). The lowest BCUT2D eigenvalue weighted by Gasteiger charge is -2.18. The Hall–Kier alpha value is -0.920. The number of rotatable bonds is 1. The fraction of sp³-hybridized carbons (Fsp3) is 0.333. The zero-order chi connectivity index (χ0) is 8.43. The van der Waals surface area contributed by atoms with Crippen molar-refractivity contribution in [1.29, 1.82) is 0 Å². The normalized spacial score (nSPS) is 30.8. The van der Waals surface area contributed by atoms with Gasteiger partial charge in [0, 0.05) is 17.9 Å². The van der Waals surface area contributed by atoms with E-state index in [0.29, 0.717) is 0 Å². The van der Waals surface area contributed by atoms with E-state index in [0.717, 1.165) is 6.08 Å². The van der Waals surface area contributed by atoms with Crippen molar-refractivity contribution >= 4 is 0 Å². The second-order valence-corrected chi connectivity index (χ2v) is 2.68. The van der Waals surface area contributed by atoms with Gasteiger partial charge in [0.1, 0.15) is 11.7 Å². The number of hydrogen-bond donors (Lipinski definition) is 0. The van der Waals surface area contributed by atoms with E-state index in [9.17, 15) is 8.78 Å². The molecule has 0 fully saturated rings. The molecular formula is C9H10F2. The minimum absolute atomic E-state index is 0.208. The van der Waals surface area contributed by atoms with Crippen LogP contribution in [0.4, 0.5) is 8.78 Å². The summed E-state index contributed by atoms with van der Waals surface area (Å²) < 4.78 is 25.3. The van der Waals surface area contributed by atoms with Crippen LogP contribution in [0, 0.1) is 11.8 Å². The number of allylic oxidation sites excluding steroid dienone is 5. The molecule has 2 atom stereocenters. The zero-order valence-electron chi connectivity index (χ0n) is 6.35. The first-order chi connectivity index (χ1) is 5.15. The summed E-state index contributed by atoms with van der Waals surface area (Å²) in [6, 6.07) is 0. The van der Waals surface area contributed by atoms with Gasteiger partial charge in [-0.3, -0.25) is 0 Å². The third kappa shape index (κ3) is 1.56. The second kappa shape index (κ2) is 2.99. The van der Waals surface area contributed by atoms with E-state index in [2.05, 4.69) is 6.58 Å². The Balaban J connectivity index is 2.90. The SMILES string of the molecule is C=CC1C=C(F)C=C(F)C1C. The molecule has 11 heavy (non-hydrogen) atoms. The predicted molar refractivity (Wildman–Crippen MR) is 41.2 cm³/mol. The van der Waals surface area contributed by atoms with Crippen LogP contribution < -0.4 is 0 Å². The summed E-state index contributed by atoms with van der Waals surface area (Å²) in [7, 11) is 0. The van der Waals surface area contributed by atoms with E-state index in [1.807, 2.05) is 0 Å².